The van der Waals surface area contributed by atoms with Crippen LogP contribution in [0.15, 0.2) is 83.6 Å². The number of anilines is 1. The number of carbonyl (C=O) groups excluding carboxylic acids is 2. The van der Waals surface area contributed by atoms with E-state index >= 15 is 0 Å². The van der Waals surface area contributed by atoms with Gasteiger partial charge in [-0.1, -0.05) is 48.5 Å². The Bertz CT molecular complexity index is 1150. The highest BCUT2D eigenvalue weighted by Gasteiger charge is 2.44. The van der Waals surface area contributed by atoms with Gasteiger partial charge in [-0.25, -0.2) is 4.98 Å². The van der Waals surface area contributed by atoms with Crippen LogP contribution in [0.2, 0.25) is 0 Å². The number of aliphatic hydroxyl groups is 1. The van der Waals surface area contributed by atoms with Gasteiger partial charge in [-0.2, -0.15) is 0 Å². The van der Waals surface area contributed by atoms with Crippen LogP contribution in [0.3, 0.4) is 0 Å². The van der Waals surface area contributed by atoms with E-state index in [2.05, 4.69) is 4.98 Å². The van der Waals surface area contributed by atoms with Gasteiger partial charge in [0.25, 0.3) is 5.91 Å². The number of carbonyl (C=O) groups is 2. The molecule has 7 heteroatoms. The molecule has 0 bridgehead atoms. The van der Waals surface area contributed by atoms with Crippen LogP contribution in [0.25, 0.3) is 6.08 Å². The van der Waals surface area contributed by atoms with Crippen LogP contribution < -0.4 is 9.64 Å². The Morgan fingerprint density at radius 2 is 2.03 bits per heavy atom. The average Bonchev–Trinajstić information content (AvgIpc) is 3.40. The molecule has 6 nitrogen and oxygen atoms in total. The standard InChI is InChI=1S/C24H20N2O4S/c1-2-30-18-10-6-9-17(15-18)21-20(19(27)12-11-16-7-4-3-5-8-16)22(28)23(29)26(21)24-25-13-14-31-24/h3-15,21,28H,2H2,1H3. The lowest BCUT2D eigenvalue weighted by Crippen LogP contribution is -2.30. The fourth-order valence-electron chi connectivity index (χ4n) is 3.47. The van der Waals surface area contributed by atoms with Crippen LogP contribution in [0.5, 0.6) is 5.75 Å². The summed E-state index contributed by atoms with van der Waals surface area (Å²) in [5.74, 6) is -1.05. The summed E-state index contributed by atoms with van der Waals surface area (Å²) in [6, 6.07) is 15.7. The molecule has 4 rings (SSSR count). The smallest absolute Gasteiger partial charge is 0.296 e. The normalized spacial score (nSPS) is 16.4. The molecule has 1 unspecified atom stereocenters. The minimum absolute atomic E-state index is 0.0148. The Hall–Kier alpha value is -3.71. The maximum absolute atomic E-state index is 13.2. The van der Waals surface area contributed by atoms with Crippen molar-refractivity contribution in [1.82, 2.24) is 4.98 Å². The summed E-state index contributed by atoms with van der Waals surface area (Å²) in [6.07, 6.45) is 4.61. The number of hydrogen-bond donors (Lipinski definition) is 1. The molecule has 2 heterocycles. The first-order valence-electron chi connectivity index (χ1n) is 9.76. The summed E-state index contributed by atoms with van der Waals surface area (Å²) >= 11 is 1.26. The molecule has 1 aromatic heterocycles. The van der Waals surface area contributed by atoms with Crippen molar-refractivity contribution in [2.75, 3.05) is 11.5 Å². The van der Waals surface area contributed by atoms with E-state index in [0.717, 1.165) is 5.56 Å². The molecule has 156 valence electrons. The number of rotatable bonds is 7. The monoisotopic (exact) mass is 432 g/mol. The molecule has 3 aromatic rings. The third-order valence-electron chi connectivity index (χ3n) is 4.81. The first-order valence-corrected chi connectivity index (χ1v) is 10.6. The molecule has 1 atom stereocenters. The molecule has 0 saturated heterocycles. The predicted octanol–water partition coefficient (Wildman–Crippen LogP) is 4.72. The first-order chi connectivity index (χ1) is 15.1. The molecular weight excluding hydrogens is 412 g/mol. The zero-order chi connectivity index (χ0) is 21.8. The van der Waals surface area contributed by atoms with Gasteiger partial charge >= 0.3 is 0 Å². The van der Waals surface area contributed by atoms with Gasteiger partial charge in [0.2, 0.25) is 0 Å². The topological polar surface area (TPSA) is 79.7 Å². The summed E-state index contributed by atoms with van der Waals surface area (Å²) in [5, 5.41) is 12.8. The van der Waals surface area contributed by atoms with E-state index in [4.69, 9.17) is 4.74 Å². The third-order valence-corrected chi connectivity index (χ3v) is 5.58. The van der Waals surface area contributed by atoms with Gasteiger partial charge < -0.3 is 9.84 Å². The molecule has 0 radical (unpaired) electrons. The lowest BCUT2D eigenvalue weighted by molar-refractivity contribution is -0.117. The van der Waals surface area contributed by atoms with E-state index in [-0.39, 0.29) is 5.57 Å². The summed E-state index contributed by atoms with van der Waals surface area (Å²) in [4.78, 5) is 31.7. The van der Waals surface area contributed by atoms with Crippen LogP contribution in [-0.4, -0.2) is 28.4 Å². The van der Waals surface area contributed by atoms with Crippen LogP contribution >= 0.6 is 11.3 Å². The van der Waals surface area contributed by atoms with Crippen molar-refractivity contribution in [3.05, 3.63) is 94.7 Å². The Morgan fingerprint density at radius 1 is 1.23 bits per heavy atom. The molecule has 1 N–H and O–H groups in total. The molecule has 1 amide bonds. The maximum atomic E-state index is 13.2. The van der Waals surface area contributed by atoms with Crippen molar-refractivity contribution in [1.29, 1.82) is 0 Å². The number of hydrogen-bond acceptors (Lipinski definition) is 6. The molecule has 1 aliphatic heterocycles. The minimum Gasteiger partial charge on any atom is -0.503 e. The van der Waals surface area contributed by atoms with E-state index in [1.54, 1.807) is 41.9 Å². The average molecular weight is 433 g/mol. The molecule has 0 fully saturated rings. The molecule has 0 saturated carbocycles. The molecule has 2 aromatic carbocycles. The van der Waals surface area contributed by atoms with E-state index in [1.807, 2.05) is 37.3 Å². The van der Waals surface area contributed by atoms with Gasteiger partial charge in [0.05, 0.1) is 18.2 Å². The number of aromatic nitrogens is 1. The minimum atomic E-state index is -0.813. The predicted molar refractivity (Wildman–Crippen MR) is 120 cm³/mol. The van der Waals surface area contributed by atoms with Crippen LogP contribution in [-0.2, 0) is 9.59 Å². The van der Waals surface area contributed by atoms with E-state index in [1.165, 1.54) is 22.3 Å². The van der Waals surface area contributed by atoms with Crippen molar-refractivity contribution in [3.8, 4) is 5.75 Å². The number of thiazole rings is 1. The zero-order valence-corrected chi connectivity index (χ0v) is 17.6. The van der Waals surface area contributed by atoms with Crippen molar-refractivity contribution in [3.63, 3.8) is 0 Å². The highest BCUT2D eigenvalue weighted by molar-refractivity contribution is 7.13. The number of nitrogens with zero attached hydrogens (tertiary/aromatic N) is 2. The van der Waals surface area contributed by atoms with Crippen molar-refractivity contribution in [2.45, 2.75) is 13.0 Å². The molecule has 31 heavy (non-hydrogen) atoms. The molecule has 0 aliphatic carbocycles. The van der Waals surface area contributed by atoms with Gasteiger partial charge in [0, 0.05) is 11.6 Å². The van der Waals surface area contributed by atoms with E-state index in [0.29, 0.717) is 23.1 Å². The van der Waals surface area contributed by atoms with E-state index < -0.39 is 23.5 Å². The van der Waals surface area contributed by atoms with Gasteiger partial charge in [0.1, 0.15) is 5.75 Å². The highest BCUT2D eigenvalue weighted by atomic mass is 32.1. The zero-order valence-electron chi connectivity index (χ0n) is 16.8. The number of ether oxygens (including phenoxy) is 1. The van der Waals surface area contributed by atoms with Gasteiger partial charge in [-0.3, -0.25) is 14.5 Å². The molecule has 0 spiro atoms. The number of amides is 1. The first kappa shape index (κ1) is 20.6. The molecule has 1 aliphatic rings. The Balaban J connectivity index is 1.77. The van der Waals surface area contributed by atoms with Crippen molar-refractivity contribution < 1.29 is 19.4 Å². The second kappa shape index (κ2) is 8.97. The fourth-order valence-corrected chi connectivity index (χ4v) is 4.14. The Morgan fingerprint density at radius 3 is 2.74 bits per heavy atom. The maximum Gasteiger partial charge on any atom is 0.296 e. The quantitative estimate of drug-likeness (QED) is 0.546. The third kappa shape index (κ3) is 4.13. The van der Waals surface area contributed by atoms with Crippen molar-refractivity contribution >= 4 is 34.2 Å². The Labute approximate surface area is 183 Å². The number of benzene rings is 2. The summed E-state index contributed by atoms with van der Waals surface area (Å²) in [7, 11) is 0. The summed E-state index contributed by atoms with van der Waals surface area (Å²) < 4.78 is 5.59. The van der Waals surface area contributed by atoms with Crippen LogP contribution in [0.4, 0.5) is 5.13 Å². The largest absolute Gasteiger partial charge is 0.503 e. The number of allylic oxidation sites excluding steroid dienone is 1. The van der Waals surface area contributed by atoms with Crippen LogP contribution in [0.1, 0.15) is 24.1 Å². The molecular formula is C24H20N2O4S. The Kier molecular flexibility index (Phi) is 5.95. The number of aliphatic hydroxyl groups excluding tert-OH is 1. The van der Waals surface area contributed by atoms with Crippen molar-refractivity contribution in [2.24, 2.45) is 0 Å². The SMILES string of the molecule is CCOc1cccc(C2C(C(=O)C=Cc3ccccc3)=C(O)C(=O)N2c2nccs2)c1. The lowest BCUT2D eigenvalue weighted by atomic mass is 9.95. The van der Waals surface area contributed by atoms with Gasteiger partial charge in [-0.15, -0.1) is 11.3 Å². The van der Waals surface area contributed by atoms with Gasteiger partial charge in [0.15, 0.2) is 16.7 Å². The second-order valence-electron chi connectivity index (χ2n) is 6.77. The van der Waals surface area contributed by atoms with Gasteiger partial charge in [-0.05, 0) is 36.3 Å². The second-order valence-corrected chi connectivity index (χ2v) is 7.64. The van der Waals surface area contributed by atoms with E-state index in [9.17, 15) is 14.7 Å². The highest BCUT2D eigenvalue weighted by Crippen LogP contribution is 2.42. The fraction of sp³-hybridized carbons (Fsp3) is 0.125. The lowest BCUT2D eigenvalue weighted by Gasteiger charge is -2.24. The number of ketones is 1. The summed E-state index contributed by atoms with van der Waals surface area (Å²) in [5.41, 5.74) is 1.50. The van der Waals surface area contributed by atoms with Crippen LogP contribution in [0, 0.1) is 0 Å². The summed E-state index contributed by atoms with van der Waals surface area (Å²) in [6.45, 7) is 2.36.